The van der Waals surface area contributed by atoms with Gasteiger partial charge < -0.3 is 0 Å². The number of hydrogen-bond acceptors (Lipinski definition) is 0. The highest BCUT2D eigenvalue weighted by atomic mass is 31.1. The lowest BCUT2D eigenvalue weighted by Crippen LogP contribution is -2.31. The monoisotopic (exact) mass is 299 g/mol. The molecule has 0 spiro atoms. The van der Waals surface area contributed by atoms with Gasteiger partial charge in [-0.1, -0.05) is 48.5 Å². The zero-order valence-electron chi connectivity index (χ0n) is 14.2. The zero-order valence-corrected chi connectivity index (χ0v) is 15.2. The van der Waals surface area contributed by atoms with Crippen LogP contribution in [0.2, 0.25) is 0 Å². The topological polar surface area (TPSA) is 0 Å². The van der Waals surface area contributed by atoms with Crippen molar-refractivity contribution in [2.45, 2.75) is 51.9 Å². The lowest BCUT2D eigenvalue weighted by Gasteiger charge is -2.34. The van der Waals surface area contributed by atoms with Crippen molar-refractivity contribution < 1.29 is 0 Å². The van der Waals surface area contributed by atoms with E-state index in [1.54, 1.807) is 5.30 Å². The molecule has 0 unspecified atom stereocenters. The van der Waals surface area contributed by atoms with E-state index in [0.29, 0.717) is 10.3 Å². The molecule has 0 saturated heterocycles. The molecule has 0 nitrogen and oxygen atoms in total. The van der Waals surface area contributed by atoms with E-state index in [4.69, 9.17) is 0 Å². The second-order valence-electron chi connectivity index (χ2n) is 7.79. The molecule has 0 atom stereocenters. The fraction of sp³-hybridized carbons (Fsp3) is 0.400. The lowest BCUT2D eigenvalue weighted by atomic mass is 10.1. The summed E-state index contributed by atoms with van der Waals surface area (Å²) in [5.41, 5.74) is 2.75. The van der Waals surface area contributed by atoms with E-state index in [0.717, 1.165) is 0 Å². The minimum absolute atomic E-state index is 0.327. The average Bonchev–Trinajstić information content (AvgIpc) is 2.37. The van der Waals surface area contributed by atoms with Gasteiger partial charge in [-0.3, -0.25) is 0 Å². The highest BCUT2D eigenvalue weighted by molar-refractivity contribution is 7.68. The molecule has 0 amide bonds. The Balaban J connectivity index is 2.63. The highest BCUT2D eigenvalue weighted by Gasteiger charge is 2.44. The SMILES string of the molecule is CC(C)(C)[PH+](c1ccccc1-c1ccccc1)C(C)(C)C. The van der Waals surface area contributed by atoms with Crippen LogP contribution in [-0.2, 0) is 0 Å². The van der Waals surface area contributed by atoms with Gasteiger partial charge in [0, 0.05) is 13.5 Å². The normalized spacial score (nSPS) is 12.7. The summed E-state index contributed by atoms with van der Waals surface area (Å²) in [7, 11) is -0.730. The summed E-state index contributed by atoms with van der Waals surface area (Å²) in [6.45, 7) is 14.4. The summed E-state index contributed by atoms with van der Waals surface area (Å²) < 4.78 is 0. The highest BCUT2D eigenvalue weighted by Crippen LogP contribution is 2.59. The van der Waals surface area contributed by atoms with E-state index in [9.17, 15) is 0 Å². The molecule has 21 heavy (non-hydrogen) atoms. The molecule has 0 fully saturated rings. The molecule has 1 heteroatoms. The first kappa shape index (κ1) is 16.2. The Morgan fingerprint density at radius 2 is 1.10 bits per heavy atom. The number of rotatable bonds is 2. The van der Waals surface area contributed by atoms with Crippen molar-refractivity contribution >= 4 is 13.2 Å². The van der Waals surface area contributed by atoms with Crippen LogP contribution in [-0.4, -0.2) is 10.3 Å². The van der Waals surface area contributed by atoms with E-state index >= 15 is 0 Å². The second kappa shape index (κ2) is 5.93. The third-order valence-corrected chi connectivity index (χ3v) is 7.76. The first-order valence-corrected chi connectivity index (χ1v) is 9.24. The summed E-state index contributed by atoms with van der Waals surface area (Å²) in [5.74, 6) is 0. The van der Waals surface area contributed by atoms with E-state index < -0.39 is 7.92 Å². The predicted octanol–water partition coefficient (Wildman–Crippen LogP) is 5.79. The van der Waals surface area contributed by atoms with Crippen molar-refractivity contribution in [2.75, 3.05) is 0 Å². The Kier molecular flexibility index (Phi) is 4.59. The molecule has 0 N–H and O–H groups in total. The van der Waals surface area contributed by atoms with Gasteiger partial charge in [-0.25, -0.2) is 0 Å². The van der Waals surface area contributed by atoms with Crippen LogP contribution in [0.5, 0.6) is 0 Å². The Morgan fingerprint density at radius 1 is 0.619 bits per heavy atom. The molecule has 0 aliphatic heterocycles. The van der Waals surface area contributed by atoms with Crippen molar-refractivity contribution in [2.24, 2.45) is 0 Å². The first-order valence-electron chi connectivity index (χ1n) is 7.74. The Bertz CT molecular complexity index is 571. The maximum atomic E-state index is 2.40. The standard InChI is InChI=1S/C20H27P/c1-19(2,3)21(20(4,5)6)18-15-11-10-14-17(18)16-12-8-7-9-13-16/h7-15H,1-6H3/p+1. The molecule has 0 heterocycles. The minimum Gasteiger partial charge on any atom is -0.0622 e. The summed E-state index contributed by atoms with van der Waals surface area (Å²) in [5, 5.41) is 2.22. The van der Waals surface area contributed by atoms with Crippen molar-refractivity contribution in [3.8, 4) is 11.1 Å². The van der Waals surface area contributed by atoms with Crippen molar-refractivity contribution in [1.82, 2.24) is 0 Å². The van der Waals surface area contributed by atoms with Gasteiger partial charge in [0.1, 0.15) is 5.30 Å². The van der Waals surface area contributed by atoms with Crippen LogP contribution in [0, 0.1) is 0 Å². The van der Waals surface area contributed by atoms with E-state index in [1.165, 1.54) is 11.1 Å². The van der Waals surface area contributed by atoms with Crippen LogP contribution in [0.15, 0.2) is 54.6 Å². The quantitative estimate of drug-likeness (QED) is 0.616. The van der Waals surface area contributed by atoms with Gasteiger partial charge in [0.25, 0.3) is 0 Å². The molecule has 0 bridgehead atoms. The fourth-order valence-corrected chi connectivity index (χ4v) is 8.13. The molecular weight excluding hydrogens is 271 g/mol. The predicted molar refractivity (Wildman–Crippen MR) is 99.3 cm³/mol. The third-order valence-electron chi connectivity index (χ3n) is 3.78. The average molecular weight is 299 g/mol. The van der Waals surface area contributed by atoms with Gasteiger partial charge >= 0.3 is 0 Å². The van der Waals surface area contributed by atoms with Crippen LogP contribution >= 0.6 is 7.92 Å². The van der Waals surface area contributed by atoms with E-state index in [2.05, 4.69) is 96.1 Å². The Morgan fingerprint density at radius 3 is 1.62 bits per heavy atom. The zero-order chi connectivity index (χ0) is 15.7. The molecule has 2 aromatic carbocycles. The molecular formula is C20H28P+. The maximum Gasteiger partial charge on any atom is 0.100 e. The van der Waals surface area contributed by atoms with Gasteiger partial charge in [-0.05, 0) is 53.2 Å². The molecule has 2 aromatic rings. The fourth-order valence-electron chi connectivity index (χ4n) is 3.50. The van der Waals surface area contributed by atoms with Crippen molar-refractivity contribution in [1.29, 1.82) is 0 Å². The van der Waals surface area contributed by atoms with Gasteiger partial charge in [0.05, 0.1) is 10.3 Å². The van der Waals surface area contributed by atoms with Crippen LogP contribution in [0.3, 0.4) is 0 Å². The Hall–Kier alpha value is -1.13. The lowest BCUT2D eigenvalue weighted by molar-refractivity contribution is 0.715. The molecule has 0 aliphatic rings. The number of benzene rings is 2. The maximum absolute atomic E-state index is 2.40. The first-order chi connectivity index (χ1) is 9.71. The largest absolute Gasteiger partial charge is 0.100 e. The van der Waals surface area contributed by atoms with Gasteiger partial charge in [0.15, 0.2) is 0 Å². The van der Waals surface area contributed by atoms with Gasteiger partial charge in [0.2, 0.25) is 0 Å². The third kappa shape index (κ3) is 3.74. The Labute approximate surface area is 131 Å². The van der Waals surface area contributed by atoms with Crippen LogP contribution in [0.1, 0.15) is 41.5 Å². The molecule has 112 valence electrons. The minimum atomic E-state index is -0.730. The van der Waals surface area contributed by atoms with Crippen molar-refractivity contribution in [3.05, 3.63) is 54.6 Å². The van der Waals surface area contributed by atoms with Crippen LogP contribution < -0.4 is 5.30 Å². The number of hydrogen-bond donors (Lipinski definition) is 0. The molecule has 0 aliphatic carbocycles. The second-order valence-corrected chi connectivity index (χ2v) is 12.1. The van der Waals surface area contributed by atoms with Crippen molar-refractivity contribution in [3.63, 3.8) is 0 Å². The molecule has 0 aromatic heterocycles. The van der Waals surface area contributed by atoms with E-state index in [1.807, 2.05) is 0 Å². The summed E-state index contributed by atoms with van der Waals surface area (Å²) >= 11 is 0. The summed E-state index contributed by atoms with van der Waals surface area (Å²) in [6.07, 6.45) is 0. The van der Waals surface area contributed by atoms with Crippen LogP contribution in [0.4, 0.5) is 0 Å². The molecule has 0 radical (unpaired) electrons. The van der Waals surface area contributed by atoms with Gasteiger partial charge in [-0.2, -0.15) is 0 Å². The van der Waals surface area contributed by atoms with E-state index in [-0.39, 0.29) is 0 Å². The molecule has 0 saturated carbocycles. The van der Waals surface area contributed by atoms with Crippen LogP contribution in [0.25, 0.3) is 11.1 Å². The summed E-state index contributed by atoms with van der Waals surface area (Å²) in [6, 6.07) is 19.8. The summed E-state index contributed by atoms with van der Waals surface area (Å²) in [4.78, 5) is 0. The smallest absolute Gasteiger partial charge is 0.0622 e. The molecule has 2 rings (SSSR count). The van der Waals surface area contributed by atoms with Gasteiger partial charge in [-0.15, -0.1) is 0 Å².